The molecule has 7 nitrogen and oxygen atoms in total. The summed E-state index contributed by atoms with van der Waals surface area (Å²) in [4.78, 5) is 23.6. The molecule has 104 valence electrons. The predicted octanol–water partition coefficient (Wildman–Crippen LogP) is 1.68. The number of nitrogens with zero attached hydrogens (tertiary/aromatic N) is 1. The van der Waals surface area contributed by atoms with Gasteiger partial charge in [0.1, 0.15) is 5.69 Å². The van der Waals surface area contributed by atoms with Gasteiger partial charge in [-0.2, -0.15) is 5.10 Å². The lowest BCUT2D eigenvalue weighted by atomic mass is 10.1. The molecule has 1 heterocycles. The van der Waals surface area contributed by atoms with E-state index in [2.05, 4.69) is 20.3 Å². The van der Waals surface area contributed by atoms with Gasteiger partial charge in [-0.3, -0.25) is 9.89 Å². The van der Waals surface area contributed by atoms with E-state index in [9.17, 15) is 9.59 Å². The lowest BCUT2D eigenvalue weighted by molar-refractivity contribution is 0.0602. The Kier molecular flexibility index (Phi) is 3.90. The summed E-state index contributed by atoms with van der Waals surface area (Å²) in [6, 6.07) is 4.42. The van der Waals surface area contributed by atoms with Crippen molar-refractivity contribution in [1.82, 2.24) is 10.2 Å². The van der Waals surface area contributed by atoms with Crippen molar-refractivity contribution in [3.8, 4) is 0 Å². The normalized spacial score (nSPS) is 10.1. The van der Waals surface area contributed by atoms with Gasteiger partial charge >= 0.3 is 5.97 Å². The Morgan fingerprint density at radius 2 is 2.20 bits per heavy atom. The van der Waals surface area contributed by atoms with Gasteiger partial charge in [0.15, 0.2) is 0 Å². The van der Waals surface area contributed by atoms with Gasteiger partial charge in [0, 0.05) is 5.02 Å². The second-order valence-corrected chi connectivity index (χ2v) is 4.27. The predicted molar refractivity (Wildman–Crippen MR) is 73.7 cm³/mol. The van der Waals surface area contributed by atoms with Crippen LogP contribution in [0.4, 0.5) is 11.4 Å². The fraction of sp³-hybridized carbons (Fsp3) is 0.0833. The summed E-state index contributed by atoms with van der Waals surface area (Å²) in [5.74, 6) is -1.12. The highest BCUT2D eigenvalue weighted by Crippen LogP contribution is 2.23. The first-order chi connectivity index (χ1) is 9.52. The van der Waals surface area contributed by atoms with E-state index in [4.69, 9.17) is 17.3 Å². The quantitative estimate of drug-likeness (QED) is 0.746. The number of H-pyrrole nitrogens is 1. The van der Waals surface area contributed by atoms with Gasteiger partial charge in [-0.25, -0.2) is 4.79 Å². The number of anilines is 2. The van der Waals surface area contributed by atoms with E-state index in [1.807, 2.05) is 0 Å². The number of methoxy groups -OCH3 is 1. The Morgan fingerprint density at radius 3 is 2.80 bits per heavy atom. The molecule has 1 aromatic carbocycles. The van der Waals surface area contributed by atoms with Crippen molar-refractivity contribution in [2.24, 2.45) is 0 Å². The van der Waals surface area contributed by atoms with Crippen LogP contribution in [-0.4, -0.2) is 29.2 Å². The molecule has 0 saturated carbocycles. The van der Waals surface area contributed by atoms with Gasteiger partial charge in [-0.15, -0.1) is 0 Å². The Morgan fingerprint density at radius 1 is 1.45 bits per heavy atom. The minimum atomic E-state index is -0.588. The van der Waals surface area contributed by atoms with Crippen LogP contribution in [0.5, 0.6) is 0 Å². The lowest BCUT2D eigenvalue weighted by Gasteiger charge is -2.09. The molecule has 0 radical (unpaired) electrons. The summed E-state index contributed by atoms with van der Waals surface area (Å²) in [7, 11) is 1.25. The number of hydrogen-bond acceptors (Lipinski definition) is 5. The summed E-state index contributed by atoms with van der Waals surface area (Å²) in [6.07, 6.45) is 1.31. The number of carbonyl (C=O) groups is 2. The number of aromatic nitrogens is 2. The number of nitrogens with two attached hydrogens (primary N) is 1. The van der Waals surface area contributed by atoms with Gasteiger partial charge < -0.3 is 15.8 Å². The number of nitrogen functional groups attached to an aromatic ring is 1. The number of nitrogens with one attached hydrogen (secondary N) is 2. The number of benzene rings is 1. The number of amides is 1. The van der Waals surface area contributed by atoms with Crippen LogP contribution in [0.15, 0.2) is 24.4 Å². The van der Waals surface area contributed by atoms with Crippen molar-refractivity contribution in [2.45, 2.75) is 0 Å². The van der Waals surface area contributed by atoms with E-state index in [1.165, 1.54) is 31.5 Å². The molecule has 0 unspecified atom stereocenters. The minimum absolute atomic E-state index is 0.0980. The molecule has 0 aliphatic carbocycles. The van der Waals surface area contributed by atoms with Gasteiger partial charge in [-0.1, -0.05) is 11.6 Å². The van der Waals surface area contributed by atoms with E-state index >= 15 is 0 Å². The summed E-state index contributed by atoms with van der Waals surface area (Å²) >= 11 is 5.86. The zero-order chi connectivity index (χ0) is 14.7. The molecule has 20 heavy (non-hydrogen) atoms. The van der Waals surface area contributed by atoms with Crippen LogP contribution >= 0.6 is 11.6 Å². The van der Waals surface area contributed by atoms with Crippen molar-refractivity contribution in [1.29, 1.82) is 0 Å². The maximum Gasteiger partial charge on any atom is 0.339 e. The number of halogens is 1. The molecule has 0 bridgehead atoms. The Bertz CT molecular complexity index is 668. The van der Waals surface area contributed by atoms with Gasteiger partial charge in [0.2, 0.25) is 0 Å². The molecule has 0 fully saturated rings. The molecule has 8 heteroatoms. The number of carbonyl (C=O) groups excluding carboxylic acids is 2. The largest absolute Gasteiger partial charge is 0.465 e. The standard InChI is InChI=1S/C12H11ClN4O3/c1-20-12(19)7-3-2-6(13)4-9(7)16-11(18)10-8(14)5-15-17-10/h2-5H,14H2,1H3,(H,15,17)(H,16,18). The monoisotopic (exact) mass is 294 g/mol. The van der Waals surface area contributed by atoms with Crippen molar-refractivity contribution in [3.63, 3.8) is 0 Å². The SMILES string of the molecule is COC(=O)c1ccc(Cl)cc1NC(=O)c1[nH]ncc1N. The maximum atomic E-state index is 12.0. The molecule has 0 spiro atoms. The third-order valence-corrected chi connectivity index (χ3v) is 2.77. The third-order valence-electron chi connectivity index (χ3n) is 2.53. The average Bonchev–Trinajstić information content (AvgIpc) is 2.84. The number of esters is 1. The third kappa shape index (κ3) is 2.72. The van der Waals surface area contributed by atoms with Crippen LogP contribution in [0, 0.1) is 0 Å². The number of hydrogen-bond donors (Lipinski definition) is 3. The van der Waals surface area contributed by atoms with Gasteiger partial charge in [0.05, 0.1) is 30.2 Å². The molecule has 0 aliphatic heterocycles. The number of rotatable bonds is 3. The highest BCUT2D eigenvalue weighted by molar-refractivity contribution is 6.31. The number of aromatic amines is 1. The number of ether oxygens (including phenoxy) is 1. The molecule has 0 saturated heterocycles. The average molecular weight is 295 g/mol. The van der Waals surface area contributed by atoms with E-state index in [-0.39, 0.29) is 22.6 Å². The zero-order valence-electron chi connectivity index (χ0n) is 10.4. The first-order valence-corrected chi connectivity index (χ1v) is 5.88. The molecule has 2 aromatic rings. The minimum Gasteiger partial charge on any atom is -0.465 e. The summed E-state index contributed by atoms with van der Waals surface area (Å²) < 4.78 is 4.63. The summed E-state index contributed by atoms with van der Waals surface area (Å²) in [6.45, 7) is 0. The van der Waals surface area contributed by atoms with Crippen LogP contribution in [-0.2, 0) is 4.74 Å². The van der Waals surface area contributed by atoms with Crippen molar-refractivity contribution in [2.75, 3.05) is 18.2 Å². The molecular formula is C12H11ClN4O3. The highest BCUT2D eigenvalue weighted by atomic mass is 35.5. The Hall–Kier alpha value is -2.54. The van der Waals surface area contributed by atoms with Crippen molar-refractivity contribution >= 4 is 34.9 Å². The van der Waals surface area contributed by atoms with E-state index in [0.717, 1.165) is 0 Å². The summed E-state index contributed by atoms with van der Waals surface area (Å²) in [5, 5.41) is 9.01. The highest BCUT2D eigenvalue weighted by Gasteiger charge is 2.17. The molecule has 4 N–H and O–H groups in total. The Balaban J connectivity index is 2.33. The van der Waals surface area contributed by atoms with Gasteiger partial charge in [0.25, 0.3) is 5.91 Å². The van der Waals surface area contributed by atoms with E-state index in [1.54, 1.807) is 0 Å². The molecule has 2 rings (SSSR count). The fourth-order valence-electron chi connectivity index (χ4n) is 1.57. The molecule has 0 atom stereocenters. The molecule has 0 aliphatic rings. The first-order valence-electron chi connectivity index (χ1n) is 5.51. The molecular weight excluding hydrogens is 284 g/mol. The Labute approximate surface area is 119 Å². The van der Waals surface area contributed by atoms with Crippen LogP contribution < -0.4 is 11.1 Å². The fourth-order valence-corrected chi connectivity index (χ4v) is 1.74. The second-order valence-electron chi connectivity index (χ2n) is 3.84. The van der Waals surface area contributed by atoms with Crippen LogP contribution in [0.25, 0.3) is 0 Å². The van der Waals surface area contributed by atoms with Crippen LogP contribution in [0.3, 0.4) is 0 Å². The first kappa shape index (κ1) is 13.9. The van der Waals surface area contributed by atoms with Gasteiger partial charge in [-0.05, 0) is 18.2 Å². The lowest BCUT2D eigenvalue weighted by Crippen LogP contribution is -2.17. The summed E-state index contributed by atoms with van der Waals surface area (Å²) in [5.41, 5.74) is 6.28. The topological polar surface area (TPSA) is 110 Å². The molecule has 1 amide bonds. The van der Waals surface area contributed by atoms with Crippen LogP contribution in [0.1, 0.15) is 20.8 Å². The van der Waals surface area contributed by atoms with Crippen molar-refractivity contribution < 1.29 is 14.3 Å². The molecule has 1 aromatic heterocycles. The smallest absolute Gasteiger partial charge is 0.339 e. The zero-order valence-corrected chi connectivity index (χ0v) is 11.2. The second kappa shape index (κ2) is 5.62. The van der Waals surface area contributed by atoms with Crippen molar-refractivity contribution in [3.05, 3.63) is 40.7 Å². The van der Waals surface area contributed by atoms with Crippen LogP contribution in [0.2, 0.25) is 5.02 Å². The van der Waals surface area contributed by atoms with E-state index < -0.39 is 11.9 Å². The van der Waals surface area contributed by atoms with E-state index in [0.29, 0.717) is 5.02 Å². The maximum absolute atomic E-state index is 12.0.